The highest BCUT2D eigenvalue weighted by Gasteiger charge is 1.83. The third-order valence-electron chi connectivity index (χ3n) is 1.36. The van der Waals surface area contributed by atoms with Gasteiger partial charge in [-0.3, -0.25) is 4.98 Å². The van der Waals surface area contributed by atoms with Gasteiger partial charge >= 0.3 is 0 Å². The van der Waals surface area contributed by atoms with Gasteiger partial charge in [0.1, 0.15) is 0 Å². The second-order valence-electron chi connectivity index (χ2n) is 2.51. The molecule has 0 spiro atoms. The molecule has 0 aliphatic carbocycles. The second kappa shape index (κ2) is 2.65. The van der Waals surface area contributed by atoms with Crippen LogP contribution in [0.1, 0.15) is 13.8 Å². The lowest BCUT2D eigenvalue weighted by Gasteiger charge is -1.88. The molecule has 0 fully saturated rings. The zero-order valence-corrected chi connectivity index (χ0v) is 6.39. The first kappa shape index (κ1) is 7.00. The van der Waals surface area contributed by atoms with Crippen molar-refractivity contribution in [3.05, 3.63) is 28.9 Å². The smallest absolute Gasteiger partial charge is 0.0682 e. The van der Waals surface area contributed by atoms with Crippen LogP contribution < -0.4 is 10.6 Å². The fourth-order valence-corrected chi connectivity index (χ4v) is 0.889. The molecule has 1 nitrogen and oxygen atoms in total. The van der Waals surface area contributed by atoms with E-state index in [1.54, 1.807) is 6.20 Å². The number of rotatable bonds is 0. The summed E-state index contributed by atoms with van der Waals surface area (Å²) in [5, 5.41) is 2.02. The Morgan fingerprint density at radius 2 is 2.20 bits per heavy atom. The van der Waals surface area contributed by atoms with Crippen molar-refractivity contribution in [1.29, 1.82) is 0 Å². The van der Waals surface area contributed by atoms with Crippen LogP contribution in [0.3, 0.4) is 0 Å². The quantitative estimate of drug-likeness (QED) is 0.507. The van der Waals surface area contributed by atoms with E-state index in [0.717, 1.165) is 10.6 Å². The van der Waals surface area contributed by atoms with Gasteiger partial charge in [-0.25, -0.2) is 0 Å². The minimum atomic E-state index is 1.00. The SMILES string of the molecule is C=c1cccnc1=C(C)C. The van der Waals surface area contributed by atoms with Crippen LogP contribution in [0.4, 0.5) is 0 Å². The maximum absolute atomic E-state index is 4.18. The summed E-state index contributed by atoms with van der Waals surface area (Å²) in [5.41, 5.74) is 1.21. The molecule has 0 unspecified atom stereocenters. The Morgan fingerprint density at radius 1 is 1.50 bits per heavy atom. The summed E-state index contributed by atoms with van der Waals surface area (Å²) in [5.74, 6) is 0. The molecule has 1 heterocycles. The second-order valence-corrected chi connectivity index (χ2v) is 2.51. The maximum Gasteiger partial charge on any atom is 0.0682 e. The third kappa shape index (κ3) is 1.24. The number of hydrogen-bond donors (Lipinski definition) is 0. The first-order chi connectivity index (χ1) is 4.72. The zero-order valence-electron chi connectivity index (χ0n) is 6.39. The van der Waals surface area contributed by atoms with Crippen LogP contribution in [-0.2, 0) is 0 Å². The molecule has 1 aromatic rings. The Kier molecular flexibility index (Phi) is 1.86. The van der Waals surface area contributed by atoms with Crippen LogP contribution >= 0.6 is 0 Å². The van der Waals surface area contributed by atoms with Crippen LogP contribution in [0.15, 0.2) is 18.3 Å². The van der Waals surface area contributed by atoms with Crippen LogP contribution in [-0.4, -0.2) is 4.98 Å². The summed E-state index contributed by atoms with van der Waals surface area (Å²) in [6.07, 6.45) is 1.79. The van der Waals surface area contributed by atoms with E-state index in [-0.39, 0.29) is 0 Å². The van der Waals surface area contributed by atoms with Crippen LogP contribution in [0.25, 0.3) is 12.2 Å². The molecule has 1 aromatic heterocycles. The van der Waals surface area contributed by atoms with Crippen LogP contribution in [0.2, 0.25) is 0 Å². The normalized spacial score (nSPS) is 9.40. The molecule has 0 radical (unpaired) electrons. The summed E-state index contributed by atoms with van der Waals surface area (Å²) in [7, 11) is 0. The molecule has 0 bridgehead atoms. The number of hydrogen-bond acceptors (Lipinski definition) is 1. The van der Waals surface area contributed by atoms with Gasteiger partial charge in [-0.15, -0.1) is 0 Å². The molecule has 52 valence electrons. The van der Waals surface area contributed by atoms with Crippen molar-refractivity contribution in [2.24, 2.45) is 0 Å². The first-order valence-corrected chi connectivity index (χ1v) is 3.29. The molecule has 0 aliphatic heterocycles. The van der Waals surface area contributed by atoms with E-state index in [1.807, 2.05) is 26.0 Å². The van der Waals surface area contributed by atoms with Gasteiger partial charge in [0.25, 0.3) is 0 Å². The van der Waals surface area contributed by atoms with Gasteiger partial charge in [0, 0.05) is 6.20 Å². The van der Waals surface area contributed by atoms with E-state index in [1.165, 1.54) is 5.57 Å². The number of aromatic nitrogens is 1. The summed E-state index contributed by atoms with van der Waals surface area (Å²) in [6.45, 7) is 7.94. The molecule has 0 saturated carbocycles. The first-order valence-electron chi connectivity index (χ1n) is 3.29. The van der Waals surface area contributed by atoms with E-state index >= 15 is 0 Å². The van der Waals surface area contributed by atoms with Gasteiger partial charge in [-0.1, -0.05) is 18.2 Å². The number of nitrogens with zero attached hydrogens (tertiary/aromatic N) is 1. The van der Waals surface area contributed by atoms with Crippen molar-refractivity contribution >= 4 is 12.2 Å². The standard InChI is InChI=1S/C9H11N/c1-7(2)9-8(3)5-4-6-10-9/h4-6H,3H2,1-2H3. The lowest BCUT2D eigenvalue weighted by atomic mass is 10.2. The molecule has 0 aliphatic rings. The van der Waals surface area contributed by atoms with Gasteiger partial charge in [-0.05, 0) is 25.1 Å². The molecule has 0 N–H and O–H groups in total. The maximum atomic E-state index is 4.18. The van der Waals surface area contributed by atoms with Crippen molar-refractivity contribution in [3.63, 3.8) is 0 Å². The molecule has 10 heavy (non-hydrogen) atoms. The lowest BCUT2D eigenvalue weighted by Crippen LogP contribution is -2.27. The van der Waals surface area contributed by atoms with Gasteiger partial charge in [0.2, 0.25) is 0 Å². The molecule has 0 saturated heterocycles. The topological polar surface area (TPSA) is 12.9 Å². The molecule has 0 aromatic carbocycles. The Morgan fingerprint density at radius 3 is 2.60 bits per heavy atom. The fourth-order valence-electron chi connectivity index (χ4n) is 0.889. The van der Waals surface area contributed by atoms with E-state index in [2.05, 4.69) is 11.6 Å². The highest BCUT2D eigenvalue weighted by atomic mass is 14.6. The predicted molar refractivity (Wildman–Crippen MR) is 43.8 cm³/mol. The van der Waals surface area contributed by atoms with Crippen LogP contribution in [0.5, 0.6) is 0 Å². The average molecular weight is 133 g/mol. The van der Waals surface area contributed by atoms with E-state index in [0.29, 0.717) is 0 Å². The Labute approximate surface area is 60.7 Å². The summed E-state index contributed by atoms with van der Waals surface area (Å²) in [4.78, 5) is 4.18. The third-order valence-corrected chi connectivity index (χ3v) is 1.36. The van der Waals surface area contributed by atoms with E-state index in [4.69, 9.17) is 0 Å². The Balaban J connectivity index is 3.60. The molecule has 0 amide bonds. The van der Waals surface area contributed by atoms with Gasteiger partial charge < -0.3 is 0 Å². The zero-order chi connectivity index (χ0) is 7.56. The average Bonchev–Trinajstić information content (AvgIpc) is 1.88. The van der Waals surface area contributed by atoms with Gasteiger partial charge in [0.15, 0.2) is 0 Å². The van der Waals surface area contributed by atoms with E-state index in [9.17, 15) is 0 Å². The predicted octanol–water partition coefficient (Wildman–Crippen LogP) is 0.682. The molecule has 1 rings (SSSR count). The monoisotopic (exact) mass is 133 g/mol. The molecule has 0 atom stereocenters. The van der Waals surface area contributed by atoms with Gasteiger partial charge in [0.05, 0.1) is 5.35 Å². The molecular formula is C9H11N. The largest absolute Gasteiger partial charge is 0.256 e. The minimum Gasteiger partial charge on any atom is -0.256 e. The van der Waals surface area contributed by atoms with Crippen molar-refractivity contribution < 1.29 is 0 Å². The highest BCUT2D eigenvalue weighted by Crippen LogP contribution is 1.79. The van der Waals surface area contributed by atoms with Crippen molar-refractivity contribution in [3.8, 4) is 0 Å². The highest BCUT2D eigenvalue weighted by molar-refractivity contribution is 5.36. The minimum absolute atomic E-state index is 1.00. The van der Waals surface area contributed by atoms with Crippen molar-refractivity contribution in [2.75, 3.05) is 0 Å². The Bertz CT molecular complexity index is 321. The van der Waals surface area contributed by atoms with E-state index < -0.39 is 0 Å². The summed E-state index contributed by atoms with van der Waals surface area (Å²) < 4.78 is 0. The van der Waals surface area contributed by atoms with Crippen molar-refractivity contribution in [2.45, 2.75) is 13.8 Å². The number of pyridine rings is 1. The summed E-state index contributed by atoms with van der Waals surface area (Å²) in [6, 6.07) is 3.87. The molecular weight excluding hydrogens is 122 g/mol. The molecule has 1 heteroatoms. The summed E-state index contributed by atoms with van der Waals surface area (Å²) >= 11 is 0. The van der Waals surface area contributed by atoms with Gasteiger partial charge in [-0.2, -0.15) is 0 Å². The Hall–Kier alpha value is -1.11. The lowest BCUT2D eigenvalue weighted by molar-refractivity contribution is 1.20. The van der Waals surface area contributed by atoms with Crippen LogP contribution in [0, 0.1) is 0 Å². The van der Waals surface area contributed by atoms with Crippen molar-refractivity contribution in [1.82, 2.24) is 4.98 Å². The fraction of sp³-hybridized carbons (Fsp3) is 0.222.